The van der Waals surface area contributed by atoms with Crippen molar-refractivity contribution >= 4 is 29.9 Å². The number of piperidine rings is 1. The van der Waals surface area contributed by atoms with Crippen LogP contribution in [0.15, 0.2) is 29.3 Å². The lowest BCUT2D eigenvalue weighted by atomic mass is 9.64. The molecule has 0 bridgehead atoms. The average molecular weight is 488 g/mol. The first-order chi connectivity index (χ1) is 12.5. The van der Waals surface area contributed by atoms with E-state index in [-0.39, 0.29) is 35.2 Å². The topological polar surface area (TPSA) is 39.7 Å². The van der Waals surface area contributed by atoms with Gasteiger partial charge in [0.2, 0.25) is 0 Å². The van der Waals surface area contributed by atoms with Gasteiger partial charge in [0, 0.05) is 44.2 Å². The van der Waals surface area contributed by atoms with Crippen molar-refractivity contribution in [2.75, 3.05) is 26.7 Å². The summed E-state index contributed by atoms with van der Waals surface area (Å²) >= 11 is 0. The number of hydrogen-bond acceptors (Lipinski definition) is 2. The Balaban J connectivity index is 0.00000261. The molecule has 0 spiro atoms. The second-order valence-corrected chi connectivity index (χ2v) is 8.11. The number of hydrogen-bond donors (Lipinski definition) is 2. The summed E-state index contributed by atoms with van der Waals surface area (Å²) in [6.07, 6.45) is 5.84. The molecule has 6 heteroatoms. The predicted molar refractivity (Wildman–Crippen MR) is 122 cm³/mol. The molecule has 0 amide bonds. The minimum atomic E-state index is -0.165. The second-order valence-electron chi connectivity index (χ2n) is 8.11. The number of benzene rings is 1. The third-order valence-corrected chi connectivity index (χ3v) is 6.19. The normalized spacial score (nSPS) is 20.7. The Labute approximate surface area is 180 Å². The lowest BCUT2D eigenvalue weighted by Gasteiger charge is -2.43. The SMILES string of the molecule is CN=C(NCC1(c2ccc(F)cc2)CCC1)NC1CCN(C(C)C)CC1.I. The van der Waals surface area contributed by atoms with Gasteiger partial charge in [-0.25, -0.2) is 4.39 Å². The number of aliphatic imine (C=N–C) groups is 1. The second kappa shape index (κ2) is 10.0. The molecule has 152 valence electrons. The van der Waals surface area contributed by atoms with Crippen LogP contribution < -0.4 is 10.6 Å². The van der Waals surface area contributed by atoms with Gasteiger partial charge in [-0.1, -0.05) is 18.6 Å². The van der Waals surface area contributed by atoms with Gasteiger partial charge in [0.05, 0.1) is 0 Å². The van der Waals surface area contributed by atoms with E-state index in [1.54, 1.807) is 12.1 Å². The number of rotatable bonds is 5. The van der Waals surface area contributed by atoms with Crippen LogP contribution in [0.5, 0.6) is 0 Å². The van der Waals surface area contributed by atoms with Gasteiger partial charge < -0.3 is 15.5 Å². The summed E-state index contributed by atoms with van der Waals surface area (Å²) in [5.41, 5.74) is 1.35. The molecule has 1 aliphatic carbocycles. The van der Waals surface area contributed by atoms with Crippen LogP contribution in [0, 0.1) is 5.82 Å². The van der Waals surface area contributed by atoms with Crippen LogP contribution >= 0.6 is 24.0 Å². The molecule has 0 unspecified atom stereocenters. The standard InChI is InChI=1S/C21H33FN4.HI/c1-16(2)26-13-9-19(10-14-26)25-20(23-3)24-15-21(11-4-12-21)17-5-7-18(22)8-6-17;/h5-8,16,19H,4,9-15H2,1-3H3,(H2,23,24,25);1H. The van der Waals surface area contributed by atoms with E-state index in [9.17, 15) is 4.39 Å². The summed E-state index contributed by atoms with van der Waals surface area (Å²) in [6.45, 7) is 7.67. The van der Waals surface area contributed by atoms with E-state index < -0.39 is 0 Å². The van der Waals surface area contributed by atoms with E-state index in [2.05, 4.69) is 34.4 Å². The molecule has 1 heterocycles. The first-order valence-electron chi connectivity index (χ1n) is 10.00. The summed E-state index contributed by atoms with van der Waals surface area (Å²) in [5.74, 6) is 0.725. The van der Waals surface area contributed by atoms with Gasteiger partial charge in [-0.2, -0.15) is 0 Å². The van der Waals surface area contributed by atoms with Gasteiger partial charge in [0.25, 0.3) is 0 Å². The molecule has 2 aliphatic rings. The zero-order chi connectivity index (χ0) is 18.6. The van der Waals surface area contributed by atoms with Crippen LogP contribution in [-0.4, -0.2) is 49.6 Å². The zero-order valence-corrected chi connectivity index (χ0v) is 19.1. The first-order valence-corrected chi connectivity index (χ1v) is 10.00. The molecule has 0 radical (unpaired) electrons. The largest absolute Gasteiger partial charge is 0.356 e. The van der Waals surface area contributed by atoms with E-state index in [0.717, 1.165) is 51.3 Å². The van der Waals surface area contributed by atoms with E-state index >= 15 is 0 Å². The smallest absolute Gasteiger partial charge is 0.191 e. The molecule has 1 aromatic rings. The highest BCUT2D eigenvalue weighted by Gasteiger charge is 2.38. The maximum Gasteiger partial charge on any atom is 0.191 e. The average Bonchev–Trinajstić information content (AvgIpc) is 2.61. The van der Waals surface area contributed by atoms with Crippen molar-refractivity contribution in [3.63, 3.8) is 0 Å². The highest BCUT2D eigenvalue weighted by atomic mass is 127. The Kier molecular flexibility index (Phi) is 8.34. The van der Waals surface area contributed by atoms with E-state index in [4.69, 9.17) is 0 Å². The number of guanidine groups is 1. The van der Waals surface area contributed by atoms with Gasteiger partial charge in [-0.05, 0) is 57.2 Å². The third kappa shape index (κ3) is 5.56. The third-order valence-electron chi connectivity index (χ3n) is 6.19. The fraction of sp³-hybridized carbons (Fsp3) is 0.667. The van der Waals surface area contributed by atoms with Crippen molar-refractivity contribution in [2.24, 2.45) is 4.99 Å². The van der Waals surface area contributed by atoms with Crippen molar-refractivity contribution in [1.82, 2.24) is 15.5 Å². The minimum Gasteiger partial charge on any atom is -0.356 e. The molecular formula is C21H34FIN4. The highest BCUT2D eigenvalue weighted by molar-refractivity contribution is 14.0. The van der Waals surface area contributed by atoms with Gasteiger partial charge in [0.15, 0.2) is 5.96 Å². The number of likely N-dealkylation sites (tertiary alicyclic amines) is 1. The molecule has 0 aromatic heterocycles. The molecule has 1 saturated heterocycles. The van der Waals surface area contributed by atoms with Crippen LogP contribution in [0.4, 0.5) is 4.39 Å². The number of nitrogens with zero attached hydrogens (tertiary/aromatic N) is 2. The molecule has 0 atom stereocenters. The predicted octanol–water partition coefficient (Wildman–Crippen LogP) is 3.90. The molecule has 27 heavy (non-hydrogen) atoms. The quantitative estimate of drug-likeness (QED) is 0.375. The summed E-state index contributed by atoms with van der Waals surface area (Å²) in [6, 6.07) is 8.14. The Bertz CT molecular complexity index is 605. The summed E-state index contributed by atoms with van der Waals surface area (Å²) < 4.78 is 13.3. The highest BCUT2D eigenvalue weighted by Crippen LogP contribution is 2.43. The van der Waals surface area contributed by atoms with Crippen molar-refractivity contribution in [2.45, 2.75) is 63.5 Å². The molecule has 1 aromatic carbocycles. The maximum absolute atomic E-state index is 13.3. The van der Waals surface area contributed by atoms with Gasteiger partial charge in [-0.15, -0.1) is 24.0 Å². The van der Waals surface area contributed by atoms with Crippen LogP contribution in [0.3, 0.4) is 0 Å². The Morgan fingerprint density at radius 1 is 1.22 bits per heavy atom. The lowest BCUT2D eigenvalue weighted by Crippen LogP contribution is -2.53. The molecule has 2 fully saturated rings. The maximum atomic E-state index is 13.3. The van der Waals surface area contributed by atoms with E-state index in [0.29, 0.717) is 12.1 Å². The summed E-state index contributed by atoms with van der Waals surface area (Å²) in [4.78, 5) is 6.96. The molecular weight excluding hydrogens is 454 g/mol. The number of halogens is 2. The molecule has 4 nitrogen and oxygen atoms in total. The molecule has 2 N–H and O–H groups in total. The molecule has 1 aliphatic heterocycles. The van der Waals surface area contributed by atoms with E-state index in [1.165, 1.54) is 12.0 Å². The van der Waals surface area contributed by atoms with Gasteiger partial charge in [0.1, 0.15) is 5.82 Å². The first kappa shape index (κ1) is 22.4. The van der Waals surface area contributed by atoms with Crippen LogP contribution in [0.2, 0.25) is 0 Å². The van der Waals surface area contributed by atoms with Crippen LogP contribution in [0.1, 0.15) is 51.5 Å². The Hall–Kier alpha value is -0.890. The molecule has 3 rings (SSSR count). The monoisotopic (exact) mass is 488 g/mol. The zero-order valence-electron chi connectivity index (χ0n) is 16.8. The fourth-order valence-corrected chi connectivity index (χ4v) is 4.18. The van der Waals surface area contributed by atoms with Crippen molar-refractivity contribution < 1.29 is 4.39 Å². The minimum absolute atomic E-state index is 0. The Morgan fingerprint density at radius 3 is 2.33 bits per heavy atom. The summed E-state index contributed by atoms with van der Waals surface area (Å²) in [5, 5.41) is 7.14. The number of nitrogens with one attached hydrogen (secondary N) is 2. The van der Waals surface area contributed by atoms with Gasteiger partial charge >= 0.3 is 0 Å². The van der Waals surface area contributed by atoms with Gasteiger partial charge in [-0.3, -0.25) is 4.99 Å². The Morgan fingerprint density at radius 2 is 1.85 bits per heavy atom. The van der Waals surface area contributed by atoms with Crippen molar-refractivity contribution in [3.8, 4) is 0 Å². The van der Waals surface area contributed by atoms with E-state index in [1.807, 2.05) is 19.2 Å². The van der Waals surface area contributed by atoms with Crippen molar-refractivity contribution in [3.05, 3.63) is 35.6 Å². The lowest BCUT2D eigenvalue weighted by molar-refractivity contribution is 0.167. The summed E-state index contributed by atoms with van der Waals surface area (Å²) in [7, 11) is 1.84. The fourth-order valence-electron chi connectivity index (χ4n) is 4.18. The van der Waals surface area contributed by atoms with Crippen molar-refractivity contribution in [1.29, 1.82) is 0 Å². The molecule has 1 saturated carbocycles. The van der Waals surface area contributed by atoms with Crippen LogP contribution in [-0.2, 0) is 5.41 Å². The van der Waals surface area contributed by atoms with Crippen LogP contribution in [0.25, 0.3) is 0 Å².